The van der Waals surface area contributed by atoms with E-state index in [1.165, 1.54) is 103 Å². The first kappa shape index (κ1) is 33.6. The number of hydrogen-bond acceptors (Lipinski definition) is 7. The largest absolute Gasteiger partial charge is 0.376 e. The van der Waals surface area contributed by atoms with Gasteiger partial charge in [0, 0.05) is 25.7 Å². The minimum Gasteiger partial charge on any atom is -0.376 e. The van der Waals surface area contributed by atoms with Gasteiger partial charge in [-0.25, -0.2) is 0 Å². The first-order valence-corrected chi connectivity index (χ1v) is 17.8. The molecule has 0 N–H and O–H groups in total. The number of likely N-dealkylation sites (tertiary alicyclic amines) is 1. The average molecular weight is 581 g/mol. The van der Waals surface area contributed by atoms with Gasteiger partial charge in [0.2, 0.25) is 5.79 Å². The first-order valence-electron chi connectivity index (χ1n) is 17.8. The van der Waals surface area contributed by atoms with E-state index in [2.05, 4.69) is 23.8 Å². The Balaban J connectivity index is 1.32. The van der Waals surface area contributed by atoms with Gasteiger partial charge in [0.15, 0.2) is 5.79 Å². The van der Waals surface area contributed by atoms with Gasteiger partial charge in [-0.3, -0.25) is 4.84 Å². The predicted octanol–water partition coefficient (Wildman–Crippen LogP) is 7.61. The van der Waals surface area contributed by atoms with Crippen LogP contribution in [0.4, 0.5) is 0 Å². The highest BCUT2D eigenvalue weighted by Gasteiger charge is 2.66. The molecule has 0 aliphatic carbocycles. The fourth-order valence-electron chi connectivity index (χ4n) is 7.39. The SMILES string of the molecule is CCCCCCCCCCCCOC[C@@]12O[C@@H](CN3CCCCCC3)[C@@H](ON3CCCCC3CC)[C@@H]1OC(C)(C)O2. The van der Waals surface area contributed by atoms with Crippen molar-refractivity contribution in [3.05, 3.63) is 0 Å². The summed E-state index contributed by atoms with van der Waals surface area (Å²) in [6.07, 6.45) is 22.6. The van der Waals surface area contributed by atoms with E-state index in [1.54, 1.807) is 0 Å². The number of unbranched alkanes of at least 4 members (excludes halogenated alkanes) is 9. The Hall–Kier alpha value is -0.280. The van der Waals surface area contributed by atoms with Crippen molar-refractivity contribution in [3.63, 3.8) is 0 Å². The molecule has 4 saturated heterocycles. The third-order valence-electron chi connectivity index (χ3n) is 9.66. The van der Waals surface area contributed by atoms with Crippen molar-refractivity contribution in [2.24, 2.45) is 0 Å². The van der Waals surface area contributed by atoms with Crippen LogP contribution in [0.1, 0.15) is 143 Å². The highest BCUT2D eigenvalue weighted by molar-refractivity contribution is 5.04. The Morgan fingerprint density at radius 2 is 1.41 bits per heavy atom. The summed E-state index contributed by atoms with van der Waals surface area (Å²) >= 11 is 0. The van der Waals surface area contributed by atoms with Crippen LogP contribution in [0.15, 0.2) is 0 Å². The maximum Gasteiger partial charge on any atom is 0.224 e. The minimum atomic E-state index is -0.916. The summed E-state index contributed by atoms with van der Waals surface area (Å²) < 4.78 is 26.4. The topological polar surface area (TPSA) is 52.6 Å². The van der Waals surface area contributed by atoms with Crippen molar-refractivity contribution >= 4 is 0 Å². The number of hydrogen-bond donors (Lipinski definition) is 0. The van der Waals surface area contributed by atoms with Gasteiger partial charge in [0.1, 0.15) is 24.9 Å². The van der Waals surface area contributed by atoms with Crippen molar-refractivity contribution in [1.29, 1.82) is 0 Å². The van der Waals surface area contributed by atoms with Gasteiger partial charge in [-0.15, -0.1) is 0 Å². The molecule has 0 radical (unpaired) electrons. The molecule has 240 valence electrons. The molecule has 4 rings (SSSR count). The molecule has 0 saturated carbocycles. The monoisotopic (exact) mass is 580 g/mol. The lowest BCUT2D eigenvalue weighted by atomic mass is 10.0. The van der Waals surface area contributed by atoms with Crippen LogP contribution in [0, 0.1) is 0 Å². The predicted molar refractivity (Wildman–Crippen MR) is 165 cm³/mol. The fraction of sp³-hybridized carbons (Fsp3) is 1.00. The van der Waals surface area contributed by atoms with Crippen molar-refractivity contribution in [2.75, 3.05) is 39.4 Å². The first-order chi connectivity index (χ1) is 20.0. The standard InChI is InChI=1S/C34H64N2O5/c1-5-7-8-9-10-11-12-13-16-21-26-37-28-34-32(39-33(3,4)41-34)31(40-36-25-20-17-22-29(36)6-2)30(38-34)27-35-23-18-14-15-19-24-35/h29-32H,5-28H2,1-4H3/t29?,30-,31+,32-,34-/m0/s1. The zero-order valence-electron chi connectivity index (χ0n) is 27.2. The molecule has 0 aromatic carbocycles. The molecule has 7 nitrogen and oxygen atoms in total. The normalized spacial score (nSPS) is 32.8. The van der Waals surface area contributed by atoms with Crippen LogP contribution in [0.25, 0.3) is 0 Å². The van der Waals surface area contributed by atoms with E-state index in [4.69, 9.17) is 23.8 Å². The molecule has 41 heavy (non-hydrogen) atoms. The average Bonchev–Trinajstić information content (AvgIpc) is 3.20. The summed E-state index contributed by atoms with van der Waals surface area (Å²) in [4.78, 5) is 9.48. The molecule has 5 atom stereocenters. The van der Waals surface area contributed by atoms with E-state index in [-0.39, 0.29) is 18.3 Å². The zero-order chi connectivity index (χ0) is 29.0. The number of ether oxygens (including phenoxy) is 4. The Kier molecular flexibility index (Phi) is 14.2. The van der Waals surface area contributed by atoms with Crippen LogP contribution in [-0.2, 0) is 23.8 Å². The van der Waals surface area contributed by atoms with E-state index in [9.17, 15) is 0 Å². The van der Waals surface area contributed by atoms with Crippen LogP contribution in [0.5, 0.6) is 0 Å². The number of rotatable bonds is 18. The van der Waals surface area contributed by atoms with Gasteiger partial charge in [-0.1, -0.05) is 90.9 Å². The van der Waals surface area contributed by atoms with Crippen LogP contribution >= 0.6 is 0 Å². The summed E-state index contributed by atoms with van der Waals surface area (Å²) in [7, 11) is 0. The number of piperidine rings is 1. The number of fused-ring (bicyclic) bond motifs is 1. The quantitative estimate of drug-likeness (QED) is 0.155. The van der Waals surface area contributed by atoms with E-state index in [0.29, 0.717) is 12.6 Å². The van der Waals surface area contributed by atoms with Crippen molar-refractivity contribution in [2.45, 2.75) is 179 Å². The van der Waals surface area contributed by atoms with Crippen LogP contribution in [-0.4, -0.2) is 85.3 Å². The van der Waals surface area contributed by atoms with E-state index >= 15 is 0 Å². The van der Waals surface area contributed by atoms with Gasteiger partial charge in [-0.2, -0.15) is 5.06 Å². The summed E-state index contributed by atoms with van der Waals surface area (Å²) in [5, 5.41) is 2.25. The van der Waals surface area contributed by atoms with E-state index < -0.39 is 11.6 Å². The molecule has 1 unspecified atom stereocenters. The highest BCUT2D eigenvalue weighted by atomic mass is 16.9. The van der Waals surface area contributed by atoms with Gasteiger partial charge < -0.3 is 23.8 Å². The Labute approximate surface area is 252 Å². The van der Waals surface area contributed by atoms with Crippen molar-refractivity contribution in [1.82, 2.24) is 9.96 Å². The molecule has 0 aromatic heterocycles. The van der Waals surface area contributed by atoms with Crippen molar-refractivity contribution < 1.29 is 23.8 Å². The van der Waals surface area contributed by atoms with E-state index in [1.807, 2.05) is 13.8 Å². The van der Waals surface area contributed by atoms with Gasteiger partial charge in [0.05, 0.1) is 0 Å². The Morgan fingerprint density at radius 3 is 2.10 bits per heavy atom. The minimum absolute atomic E-state index is 0.102. The molecule has 0 spiro atoms. The zero-order valence-corrected chi connectivity index (χ0v) is 27.2. The van der Waals surface area contributed by atoms with Gasteiger partial charge in [0.25, 0.3) is 0 Å². The third kappa shape index (κ3) is 10.1. The lowest BCUT2D eigenvalue weighted by molar-refractivity contribution is -0.294. The molecule has 4 aliphatic heterocycles. The summed E-state index contributed by atoms with van der Waals surface area (Å²) in [6, 6.07) is 0.459. The summed E-state index contributed by atoms with van der Waals surface area (Å²) in [6.45, 7) is 13.8. The molecular weight excluding hydrogens is 516 g/mol. The lowest BCUT2D eigenvalue weighted by Crippen LogP contribution is -2.50. The molecule has 0 aromatic rings. The molecule has 4 heterocycles. The van der Waals surface area contributed by atoms with Crippen LogP contribution in [0.3, 0.4) is 0 Å². The van der Waals surface area contributed by atoms with Gasteiger partial charge >= 0.3 is 0 Å². The summed E-state index contributed by atoms with van der Waals surface area (Å²) in [5.41, 5.74) is 0. The third-order valence-corrected chi connectivity index (χ3v) is 9.66. The summed E-state index contributed by atoms with van der Waals surface area (Å²) in [5.74, 6) is -1.65. The Morgan fingerprint density at radius 1 is 0.756 bits per heavy atom. The highest BCUT2D eigenvalue weighted by Crippen LogP contribution is 2.47. The van der Waals surface area contributed by atoms with Crippen LogP contribution in [0.2, 0.25) is 0 Å². The molecule has 4 aliphatic rings. The molecule has 7 heteroatoms. The lowest BCUT2D eigenvalue weighted by Gasteiger charge is -2.38. The molecule has 0 amide bonds. The maximum atomic E-state index is 6.91. The van der Waals surface area contributed by atoms with Crippen LogP contribution < -0.4 is 0 Å². The second kappa shape index (κ2) is 17.3. The smallest absolute Gasteiger partial charge is 0.224 e. The van der Waals surface area contributed by atoms with Gasteiger partial charge in [-0.05, 0) is 65.5 Å². The molecular formula is C34H64N2O5. The fourth-order valence-corrected chi connectivity index (χ4v) is 7.39. The number of nitrogens with zero attached hydrogens (tertiary/aromatic N) is 2. The van der Waals surface area contributed by atoms with E-state index in [0.717, 1.165) is 45.6 Å². The molecule has 4 fully saturated rings. The second-order valence-electron chi connectivity index (χ2n) is 13.7. The number of hydroxylamine groups is 2. The maximum absolute atomic E-state index is 6.91. The Bertz CT molecular complexity index is 715. The van der Waals surface area contributed by atoms with Crippen molar-refractivity contribution in [3.8, 4) is 0 Å². The second-order valence-corrected chi connectivity index (χ2v) is 13.7. The molecule has 0 bridgehead atoms.